The number of nitrogen functional groups attached to an aromatic ring is 1. The van der Waals surface area contributed by atoms with Gasteiger partial charge in [-0.15, -0.1) is 0 Å². The molecule has 1 saturated heterocycles. The second-order valence-electron chi connectivity index (χ2n) is 4.67. The van der Waals surface area contributed by atoms with E-state index in [0.717, 1.165) is 29.5 Å². The molecule has 2 aromatic heterocycles. The first kappa shape index (κ1) is 11.0. The van der Waals surface area contributed by atoms with Crippen LogP contribution in [-0.2, 0) is 6.42 Å². The molecule has 17 heavy (non-hydrogen) atoms. The third-order valence-corrected chi connectivity index (χ3v) is 4.66. The number of aromatic nitrogens is 2. The topological polar surface area (TPSA) is 43.3 Å². The van der Waals surface area contributed by atoms with Gasteiger partial charge in [-0.2, -0.15) is 11.8 Å². The van der Waals surface area contributed by atoms with E-state index in [0.29, 0.717) is 0 Å². The molecule has 0 aliphatic carbocycles. The largest absolute Gasteiger partial charge is 0.385 e. The van der Waals surface area contributed by atoms with Crippen LogP contribution in [0.15, 0.2) is 24.4 Å². The van der Waals surface area contributed by atoms with Gasteiger partial charge in [-0.05, 0) is 42.4 Å². The molecule has 0 bridgehead atoms. The van der Waals surface area contributed by atoms with Gasteiger partial charge in [0.15, 0.2) is 0 Å². The summed E-state index contributed by atoms with van der Waals surface area (Å²) >= 11 is 2.07. The maximum atomic E-state index is 6.02. The lowest BCUT2D eigenvalue weighted by Crippen LogP contribution is -2.15. The minimum Gasteiger partial charge on any atom is -0.385 e. The standard InChI is InChI=1S/C13H17N3S/c14-12-5-1-4-11-8-15-13(16(11)12)7-10-3-2-6-17-9-10/h1,4-5,8,10H,2-3,6-7,9,14H2. The monoisotopic (exact) mass is 247 g/mol. The zero-order valence-electron chi connectivity index (χ0n) is 9.80. The van der Waals surface area contributed by atoms with Crippen LogP contribution >= 0.6 is 11.8 Å². The van der Waals surface area contributed by atoms with Crippen molar-refractivity contribution in [3.63, 3.8) is 0 Å². The van der Waals surface area contributed by atoms with Crippen LogP contribution in [0.2, 0.25) is 0 Å². The average molecular weight is 247 g/mol. The molecule has 1 aliphatic rings. The van der Waals surface area contributed by atoms with Crippen molar-refractivity contribution in [3.8, 4) is 0 Å². The lowest BCUT2D eigenvalue weighted by Gasteiger charge is -2.20. The van der Waals surface area contributed by atoms with E-state index >= 15 is 0 Å². The molecular weight excluding hydrogens is 230 g/mol. The molecule has 3 rings (SSSR count). The molecular formula is C13H17N3S. The Kier molecular flexibility index (Phi) is 2.97. The molecule has 0 spiro atoms. The van der Waals surface area contributed by atoms with Gasteiger partial charge < -0.3 is 5.73 Å². The minimum atomic E-state index is 0.763. The van der Waals surface area contributed by atoms with Crippen LogP contribution in [0.3, 0.4) is 0 Å². The Hall–Kier alpha value is -1.16. The highest BCUT2D eigenvalue weighted by Crippen LogP contribution is 2.26. The van der Waals surface area contributed by atoms with Crippen LogP contribution < -0.4 is 5.73 Å². The first-order valence-corrected chi connectivity index (χ1v) is 7.28. The Morgan fingerprint density at radius 1 is 1.47 bits per heavy atom. The van der Waals surface area contributed by atoms with Crippen molar-refractivity contribution in [2.24, 2.45) is 5.92 Å². The van der Waals surface area contributed by atoms with Crippen molar-refractivity contribution in [3.05, 3.63) is 30.2 Å². The summed E-state index contributed by atoms with van der Waals surface area (Å²) in [6.07, 6.45) is 5.64. The Morgan fingerprint density at radius 3 is 3.24 bits per heavy atom. The lowest BCUT2D eigenvalue weighted by atomic mass is 10.0. The van der Waals surface area contributed by atoms with E-state index < -0.39 is 0 Å². The van der Waals surface area contributed by atoms with Crippen molar-refractivity contribution in [2.75, 3.05) is 17.2 Å². The molecule has 2 aromatic rings. The van der Waals surface area contributed by atoms with Gasteiger partial charge in [0, 0.05) is 6.42 Å². The number of thioether (sulfide) groups is 1. The Labute approximate surface area is 105 Å². The normalized spacial score (nSPS) is 20.8. The van der Waals surface area contributed by atoms with Crippen molar-refractivity contribution in [1.82, 2.24) is 9.38 Å². The van der Waals surface area contributed by atoms with Crippen molar-refractivity contribution >= 4 is 23.1 Å². The van der Waals surface area contributed by atoms with E-state index in [9.17, 15) is 0 Å². The predicted octanol–water partition coefficient (Wildman–Crippen LogP) is 2.60. The van der Waals surface area contributed by atoms with Gasteiger partial charge in [0.05, 0.1) is 11.7 Å². The van der Waals surface area contributed by atoms with Gasteiger partial charge in [0.2, 0.25) is 0 Å². The van der Waals surface area contributed by atoms with Crippen molar-refractivity contribution < 1.29 is 0 Å². The molecule has 2 N–H and O–H groups in total. The summed E-state index contributed by atoms with van der Waals surface area (Å²) in [6.45, 7) is 0. The number of nitrogens with zero attached hydrogens (tertiary/aromatic N) is 2. The number of hydrogen-bond acceptors (Lipinski definition) is 3. The summed E-state index contributed by atoms with van der Waals surface area (Å²) in [5.74, 6) is 5.26. The fourth-order valence-corrected chi connectivity index (χ4v) is 3.67. The summed E-state index contributed by atoms with van der Waals surface area (Å²) in [4.78, 5) is 4.52. The molecule has 0 aromatic carbocycles. The molecule has 0 saturated carbocycles. The van der Waals surface area contributed by atoms with Crippen LogP contribution in [0.25, 0.3) is 5.52 Å². The predicted molar refractivity (Wildman–Crippen MR) is 73.4 cm³/mol. The van der Waals surface area contributed by atoms with E-state index in [1.807, 2.05) is 18.3 Å². The second-order valence-corrected chi connectivity index (χ2v) is 5.82. The molecule has 1 aliphatic heterocycles. The van der Waals surface area contributed by atoms with E-state index in [-0.39, 0.29) is 0 Å². The highest BCUT2D eigenvalue weighted by atomic mass is 32.2. The SMILES string of the molecule is Nc1cccc2cnc(CC3CCCSC3)n12. The highest BCUT2D eigenvalue weighted by molar-refractivity contribution is 7.99. The molecule has 0 radical (unpaired) electrons. The van der Waals surface area contributed by atoms with Crippen molar-refractivity contribution in [2.45, 2.75) is 19.3 Å². The van der Waals surface area contributed by atoms with E-state index in [1.54, 1.807) is 0 Å². The summed E-state index contributed by atoms with van der Waals surface area (Å²) in [5.41, 5.74) is 7.12. The number of fused-ring (bicyclic) bond motifs is 1. The summed E-state index contributed by atoms with van der Waals surface area (Å²) in [5, 5.41) is 0. The van der Waals surface area contributed by atoms with Gasteiger partial charge >= 0.3 is 0 Å². The molecule has 90 valence electrons. The number of hydrogen-bond donors (Lipinski definition) is 1. The molecule has 3 nitrogen and oxygen atoms in total. The molecule has 4 heteroatoms. The van der Waals surface area contributed by atoms with E-state index in [1.165, 1.54) is 24.3 Å². The highest BCUT2D eigenvalue weighted by Gasteiger charge is 2.17. The molecule has 1 fully saturated rings. The number of nitrogens with two attached hydrogens (primary N) is 1. The zero-order chi connectivity index (χ0) is 11.7. The van der Waals surface area contributed by atoms with E-state index in [2.05, 4.69) is 27.2 Å². The summed E-state index contributed by atoms with van der Waals surface area (Å²) < 4.78 is 2.08. The van der Waals surface area contributed by atoms with Crippen LogP contribution in [0, 0.1) is 5.92 Å². The number of imidazole rings is 1. The number of anilines is 1. The molecule has 1 atom stereocenters. The smallest absolute Gasteiger partial charge is 0.115 e. The summed E-state index contributed by atoms with van der Waals surface area (Å²) in [7, 11) is 0. The summed E-state index contributed by atoms with van der Waals surface area (Å²) in [6, 6.07) is 5.98. The van der Waals surface area contributed by atoms with Gasteiger partial charge in [-0.3, -0.25) is 4.40 Å². The Balaban J connectivity index is 1.89. The third-order valence-electron chi connectivity index (χ3n) is 3.38. The van der Waals surface area contributed by atoms with Crippen molar-refractivity contribution in [1.29, 1.82) is 0 Å². The Bertz CT molecular complexity index is 514. The fourth-order valence-electron chi connectivity index (χ4n) is 2.51. The molecule has 1 unspecified atom stereocenters. The van der Waals surface area contributed by atoms with Gasteiger partial charge in [0.1, 0.15) is 11.6 Å². The third kappa shape index (κ3) is 2.14. The lowest BCUT2D eigenvalue weighted by molar-refractivity contribution is 0.508. The molecule has 0 amide bonds. The zero-order valence-corrected chi connectivity index (χ0v) is 10.6. The minimum absolute atomic E-state index is 0.763. The Morgan fingerprint density at radius 2 is 2.41 bits per heavy atom. The van der Waals surface area contributed by atoms with Gasteiger partial charge in [-0.25, -0.2) is 4.98 Å². The average Bonchev–Trinajstić information content (AvgIpc) is 2.75. The fraction of sp³-hybridized carbons (Fsp3) is 0.462. The number of rotatable bonds is 2. The maximum Gasteiger partial charge on any atom is 0.115 e. The van der Waals surface area contributed by atoms with Crippen LogP contribution in [0.5, 0.6) is 0 Å². The number of pyridine rings is 1. The molecule has 3 heterocycles. The maximum absolute atomic E-state index is 6.02. The van der Waals surface area contributed by atoms with Crippen LogP contribution in [0.1, 0.15) is 18.7 Å². The second kappa shape index (κ2) is 4.61. The van der Waals surface area contributed by atoms with Crippen LogP contribution in [-0.4, -0.2) is 20.9 Å². The van der Waals surface area contributed by atoms with E-state index in [4.69, 9.17) is 5.73 Å². The quantitative estimate of drug-likeness (QED) is 0.887. The first-order valence-electron chi connectivity index (χ1n) is 6.13. The van der Waals surface area contributed by atoms with Gasteiger partial charge in [-0.1, -0.05) is 6.07 Å². The first-order chi connectivity index (χ1) is 8.34. The van der Waals surface area contributed by atoms with Gasteiger partial charge in [0.25, 0.3) is 0 Å². The van der Waals surface area contributed by atoms with Crippen LogP contribution in [0.4, 0.5) is 5.82 Å².